The van der Waals surface area contributed by atoms with Gasteiger partial charge < -0.3 is 10.6 Å². The van der Waals surface area contributed by atoms with Gasteiger partial charge in [-0.25, -0.2) is 8.42 Å². The maximum atomic E-state index is 11.4. The standard InChI is InChI=1S/C10H20N2O2S2/c11-10(15)4-1-2-5-12-6-3-8-16(13,14)9-7-12/h1-9H2,(H2,11,15). The van der Waals surface area contributed by atoms with Crippen molar-refractivity contribution in [3.8, 4) is 0 Å². The lowest BCUT2D eigenvalue weighted by atomic mass is 10.2. The molecule has 0 aromatic rings. The maximum absolute atomic E-state index is 11.4. The van der Waals surface area contributed by atoms with Crippen LogP contribution in [0.4, 0.5) is 0 Å². The second-order valence-electron chi connectivity index (χ2n) is 4.27. The largest absolute Gasteiger partial charge is 0.393 e. The highest BCUT2D eigenvalue weighted by Gasteiger charge is 2.18. The van der Waals surface area contributed by atoms with Crippen LogP contribution in [0.5, 0.6) is 0 Å². The van der Waals surface area contributed by atoms with Gasteiger partial charge >= 0.3 is 0 Å². The number of thiocarbonyl (C=S) groups is 1. The molecule has 0 spiro atoms. The highest BCUT2D eigenvalue weighted by atomic mass is 32.2. The first-order valence-electron chi connectivity index (χ1n) is 5.71. The van der Waals surface area contributed by atoms with Crippen molar-refractivity contribution < 1.29 is 8.42 Å². The Labute approximate surface area is 103 Å². The molecule has 1 aliphatic heterocycles. The molecule has 0 aromatic heterocycles. The average Bonchev–Trinajstić information content (AvgIpc) is 2.34. The van der Waals surface area contributed by atoms with Gasteiger partial charge in [-0.1, -0.05) is 12.2 Å². The molecule has 1 fully saturated rings. The second-order valence-corrected chi connectivity index (χ2v) is 7.10. The number of sulfone groups is 1. The molecule has 6 heteroatoms. The molecule has 0 bridgehead atoms. The number of unbranched alkanes of at least 4 members (excludes halogenated alkanes) is 1. The Hall–Kier alpha value is -0.200. The van der Waals surface area contributed by atoms with E-state index in [4.69, 9.17) is 18.0 Å². The van der Waals surface area contributed by atoms with Crippen molar-refractivity contribution in [3.05, 3.63) is 0 Å². The van der Waals surface area contributed by atoms with Gasteiger partial charge in [0, 0.05) is 6.54 Å². The first kappa shape index (κ1) is 13.9. The average molecular weight is 264 g/mol. The van der Waals surface area contributed by atoms with Crippen LogP contribution in [0.25, 0.3) is 0 Å². The van der Waals surface area contributed by atoms with Gasteiger partial charge in [0.05, 0.1) is 16.5 Å². The quantitative estimate of drug-likeness (QED) is 0.581. The first-order valence-corrected chi connectivity index (χ1v) is 7.94. The molecule has 1 aliphatic rings. The van der Waals surface area contributed by atoms with E-state index in [9.17, 15) is 8.42 Å². The van der Waals surface area contributed by atoms with E-state index in [1.165, 1.54) is 0 Å². The van der Waals surface area contributed by atoms with Gasteiger partial charge in [0.25, 0.3) is 0 Å². The highest BCUT2D eigenvalue weighted by Crippen LogP contribution is 2.07. The minimum Gasteiger partial charge on any atom is -0.393 e. The molecule has 0 amide bonds. The van der Waals surface area contributed by atoms with Gasteiger partial charge in [-0.3, -0.25) is 0 Å². The Kier molecular flexibility index (Phi) is 5.64. The minimum absolute atomic E-state index is 0.308. The molecule has 0 aliphatic carbocycles. The van der Waals surface area contributed by atoms with Crippen molar-refractivity contribution in [3.63, 3.8) is 0 Å². The lowest BCUT2D eigenvalue weighted by molar-refractivity contribution is 0.289. The molecule has 0 radical (unpaired) electrons. The molecular formula is C10H20N2O2S2. The van der Waals surface area contributed by atoms with Gasteiger partial charge in [0.15, 0.2) is 9.84 Å². The molecule has 1 heterocycles. The molecular weight excluding hydrogens is 244 g/mol. The zero-order valence-corrected chi connectivity index (χ0v) is 11.2. The summed E-state index contributed by atoms with van der Waals surface area (Å²) in [6.07, 6.45) is 3.59. The van der Waals surface area contributed by atoms with Crippen molar-refractivity contribution in [1.82, 2.24) is 4.90 Å². The van der Waals surface area contributed by atoms with Crippen LogP contribution in [-0.4, -0.2) is 49.4 Å². The third-order valence-electron chi connectivity index (χ3n) is 2.80. The van der Waals surface area contributed by atoms with Crippen molar-refractivity contribution in [2.24, 2.45) is 5.73 Å². The van der Waals surface area contributed by atoms with E-state index in [1.807, 2.05) is 0 Å². The van der Waals surface area contributed by atoms with E-state index in [2.05, 4.69) is 4.90 Å². The molecule has 4 nitrogen and oxygen atoms in total. The van der Waals surface area contributed by atoms with Crippen molar-refractivity contribution in [2.45, 2.75) is 25.7 Å². The van der Waals surface area contributed by atoms with Crippen LogP contribution in [0.3, 0.4) is 0 Å². The number of nitrogens with zero attached hydrogens (tertiary/aromatic N) is 1. The molecule has 94 valence electrons. The number of rotatable bonds is 5. The summed E-state index contributed by atoms with van der Waals surface area (Å²) in [7, 11) is -2.78. The first-order chi connectivity index (χ1) is 7.49. The van der Waals surface area contributed by atoms with Crippen LogP contribution in [0.1, 0.15) is 25.7 Å². The van der Waals surface area contributed by atoms with Gasteiger partial charge in [-0.2, -0.15) is 0 Å². The fourth-order valence-electron chi connectivity index (χ4n) is 1.85. The van der Waals surface area contributed by atoms with Gasteiger partial charge in [0.2, 0.25) is 0 Å². The summed E-state index contributed by atoms with van der Waals surface area (Å²) in [5, 5.41) is 0. The summed E-state index contributed by atoms with van der Waals surface area (Å²) < 4.78 is 22.8. The zero-order valence-electron chi connectivity index (χ0n) is 9.52. The van der Waals surface area contributed by atoms with E-state index in [-0.39, 0.29) is 0 Å². The molecule has 2 N–H and O–H groups in total. The van der Waals surface area contributed by atoms with Crippen molar-refractivity contribution >= 4 is 27.0 Å². The van der Waals surface area contributed by atoms with Gasteiger partial charge in [-0.15, -0.1) is 0 Å². The van der Waals surface area contributed by atoms with Gasteiger partial charge in [0.1, 0.15) is 0 Å². The van der Waals surface area contributed by atoms with E-state index in [1.54, 1.807) is 0 Å². The molecule has 0 atom stereocenters. The predicted molar refractivity (Wildman–Crippen MR) is 70.3 cm³/mol. The highest BCUT2D eigenvalue weighted by molar-refractivity contribution is 7.91. The summed E-state index contributed by atoms with van der Waals surface area (Å²) in [6, 6.07) is 0. The number of nitrogens with two attached hydrogens (primary N) is 1. The topological polar surface area (TPSA) is 63.4 Å². The Morgan fingerprint density at radius 3 is 2.69 bits per heavy atom. The fourth-order valence-corrected chi connectivity index (χ4v) is 3.30. The second kappa shape index (κ2) is 6.51. The SMILES string of the molecule is NC(=S)CCCCN1CCCS(=O)(=O)CC1. The Morgan fingerprint density at radius 1 is 1.25 bits per heavy atom. The lowest BCUT2D eigenvalue weighted by Gasteiger charge is -2.18. The van der Waals surface area contributed by atoms with Crippen LogP contribution in [0.15, 0.2) is 0 Å². The van der Waals surface area contributed by atoms with E-state index in [0.717, 1.165) is 38.8 Å². The van der Waals surface area contributed by atoms with E-state index < -0.39 is 9.84 Å². The monoisotopic (exact) mass is 264 g/mol. The number of hydrogen-bond donors (Lipinski definition) is 1. The van der Waals surface area contributed by atoms with Crippen LogP contribution in [0, 0.1) is 0 Å². The molecule has 16 heavy (non-hydrogen) atoms. The van der Waals surface area contributed by atoms with Crippen molar-refractivity contribution in [1.29, 1.82) is 0 Å². The lowest BCUT2D eigenvalue weighted by Crippen LogP contribution is -2.28. The number of hydrogen-bond acceptors (Lipinski definition) is 4. The summed E-state index contributed by atoms with van der Waals surface area (Å²) in [4.78, 5) is 2.79. The third kappa shape index (κ3) is 5.77. The third-order valence-corrected chi connectivity index (χ3v) is 4.72. The minimum atomic E-state index is -2.78. The van der Waals surface area contributed by atoms with E-state index in [0.29, 0.717) is 23.0 Å². The van der Waals surface area contributed by atoms with Crippen LogP contribution in [-0.2, 0) is 9.84 Å². The molecule has 0 unspecified atom stereocenters. The normalized spacial score (nSPS) is 21.5. The fraction of sp³-hybridized carbons (Fsp3) is 0.900. The maximum Gasteiger partial charge on any atom is 0.151 e. The molecule has 1 rings (SSSR count). The summed E-state index contributed by atoms with van der Waals surface area (Å²) in [5.74, 6) is 0.651. The van der Waals surface area contributed by atoms with Crippen LogP contribution >= 0.6 is 12.2 Å². The Balaban J connectivity index is 2.20. The summed E-state index contributed by atoms with van der Waals surface area (Å²) in [6.45, 7) is 2.53. The smallest absolute Gasteiger partial charge is 0.151 e. The molecule has 0 saturated carbocycles. The van der Waals surface area contributed by atoms with Crippen LogP contribution in [0.2, 0.25) is 0 Å². The molecule has 0 aromatic carbocycles. The predicted octanol–water partition coefficient (Wildman–Crippen LogP) is 0.563. The Morgan fingerprint density at radius 2 is 2.00 bits per heavy atom. The van der Waals surface area contributed by atoms with Gasteiger partial charge in [-0.05, 0) is 38.8 Å². The Bertz CT molecular complexity index is 328. The van der Waals surface area contributed by atoms with Crippen molar-refractivity contribution in [2.75, 3.05) is 31.1 Å². The van der Waals surface area contributed by atoms with Crippen LogP contribution < -0.4 is 5.73 Å². The van der Waals surface area contributed by atoms with E-state index >= 15 is 0 Å². The molecule has 1 saturated heterocycles. The summed E-state index contributed by atoms with van der Waals surface area (Å²) >= 11 is 4.80. The zero-order chi connectivity index (χ0) is 12.0. The summed E-state index contributed by atoms with van der Waals surface area (Å²) in [5.41, 5.74) is 5.41.